The fraction of sp³-hybridized carbons (Fsp3) is 0.111. The van der Waals surface area contributed by atoms with Crippen molar-refractivity contribution in [3.63, 3.8) is 0 Å². The molecule has 1 heterocycles. The van der Waals surface area contributed by atoms with Gasteiger partial charge in [-0.2, -0.15) is 5.10 Å². The minimum atomic E-state index is -0.182. The van der Waals surface area contributed by atoms with Gasteiger partial charge in [0.1, 0.15) is 5.75 Å². The first-order chi connectivity index (χ1) is 11.2. The van der Waals surface area contributed by atoms with Crippen molar-refractivity contribution in [2.45, 2.75) is 6.92 Å². The van der Waals surface area contributed by atoms with Gasteiger partial charge >= 0.3 is 0 Å². The molecule has 1 amide bonds. The van der Waals surface area contributed by atoms with Crippen LogP contribution in [-0.4, -0.2) is 22.8 Å². The third-order valence-electron chi connectivity index (χ3n) is 3.56. The molecule has 0 aliphatic carbocycles. The molecule has 0 aliphatic heterocycles. The third kappa shape index (κ3) is 3.08. The first kappa shape index (κ1) is 14.8. The molecular weight excluding hydrogens is 290 g/mol. The molecule has 116 valence electrons. The van der Waals surface area contributed by atoms with E-state index < -0.39 is 0 Å². The highest BCUT2D eigenvalue weighted by molar-refractivity contribution is 6.05. The number of anilines is 1. The van der Waals surface area contributed by atoms with Crippen molar-refractivity contribution in [1.82, 2.24) is 9.78 Å². The van der Waals surface area contributed by atoms with Gasteiger partial charge in [-0.25, -0.2) is 4.68 Å². The largest absolute Gasteiger partial charge is 0.495 e. The van der Waals surface area contributed by atoms with Crippen molar-refractivity contribution >= 4 is 11.6 Å². The Hall–Kier alpha value is -3.08. The molecule has 23 heavy (non-hydrogen) atoms. The van der Waals surface area contributed by atoms with Crippen LogP contribution in [0, 0.1) is 6.92 Å². The number of rotatable bonds is 4. The number of carbonyl (C=O) groups is 1. The van der Waals surface area contributed by atoms with Gasteiger partial charge in [0.15, 0.2) is 0 Å². The Morgan fingerprint density at radius 3 is 2.48 bits per heavy atom. The number of benzene rings is 2. The van der Waals surface area contributed by atoms with E-state index in [9.17, 15) is 4.79 Å². The van der Waals surface area contributed by atoms with Crippen LogP contribution in [-0.2, 0) is 0 Å². The van der Waals surface area contributed by atoms with E-state index in [2.05, 4.69) is 10.4 Å². The van der Waals surface area contributed by atoms with E-state index in [-0.39, 0.29) is 5.91 Å². The Balaban J connectivity index is 1.79. The van der Waals surface area contributed by atoms with Gasteiger partial charge in [-0.1, -0.05) is 12.1 Å². The van der Waals surface area contributed by atoms with Crippen LogP contribution in [0.3, 0.4) is 0 Å². The van der Waals surface area contributed by atoms with E-state index in [0.29, 0.717) is 17.0 Å². The summed E-state index contributed by atoms with van der Waals surface area (Å²) in [5, 5.41) is 7.11. The zero-order valence-electron chi connectivity index (χ0n) is 13.0. The number of carbonyl (C=O) groups excluding carboxylic acids is 1. The number of aryl methyl sites for hydroxylation is 1. The van der Waals surface area contributed by atoms with Gasteiger partial charge in [0.05, 0.1) is 18.5 Å². The summed E-state index contributed by atoms with van der Waals surface area (Å²) in [7, 11) is 1.58. The van der Waals surface area contributed by atoms with E-state index >= 15 is 0 Å². The van der Waals surface area contributed by atoms with Crippen molar-refractivity contribution < 1.29 is 9.53 Å². The van der Waals surface area contributed by atoms with Crippen molar-refractivity contribution in [2.24, 2.45) is 0 Å². The minimum Gasteiger partial charge on any atom is -0.495 e. The summed E-state index contributed by atoms with van der Waals surface area (Å²) in [6.07, 6.45) is 1.75. The molecule has 2 aromatic carbocycles. The maximum absolute atomic E-state index is 12.4. The first-order valence-corrected chi connectivity index (χ1v) is 7.24. The summed E-state index contributed by atoms with van der Waals surface area (Å²) in [6.45, 7) is 1.98. The lowest BCUT2D eigenvalue weighted by atomic mass is 10.2. The molecule has 5 nitrogen and oxygen atoms in total. The van der Waals surface area contributed by atoms with Crippen molar-refractivity contribution in [3.8, 4) is 11.4 Å². The van der Waals surface area contributed by atoms with Crippen LogP contribution in [0.15, 0.2) is 60.8 Å². The predicted molar refractivity (Wildman–Crippen MR) is 89.2 cm³/mol. The van der Waals surface area contributed by atoms with Crippen molar-refractivity contribution in [3.05, 3.63) is 72.1 Å². The van der Waals surface area contributed by atoms with Crippen LogP contribution in [0.5, 0.6) is 5.75 Å². The van der Waals surface area contributed by atoms with Crippen LogP contribution < -0.4 is 10.1 Å². The maximum atomic E-state index is 12.4. The molecule has 0 fully saturated rings. The molecule has 0 radical (unpaired) electrons. The molecule has 0 atom stereocenters. The van der Waals surface area contributed by atoms with Gasteiger partial charge < -0.3 is 10.1 Å². The summed E-state index contributed by atoms with van der Waals surface area (Å²) in [5.41, 5.74) is 3.18. The molecular formula is C18H17N3O2. The molecule has 0 saturated carbocycles. The van der Waals surface area contributed by atoms with Crippen LogP contribution in [0.1, 0.15) is 16.1 Å². The normalized spacial score (nSPS) is 10.3. The lowest BCUT2D eigenvalue weighted by molar-refractivity contribution is 0.102. The average Bonchev–Trinajstić information content (AvgIpc) is 3.01. The van der Waals surface area contributed by atoms with E-state index in [1.807, 2.05) is 41.9 Å². The zero-order valence-corrected chi connectivity index (χ0v) is 13.0. The van der Waals surface area contributed by atoms with E-state index in [1.54, 1.807) is 37.6 Å². The van der Waals surface area contributed by atoms with Gasteiger partial charge in [-0.3, -0.25) is 4.79 Å². The topological polar surface area (TPSA) is 56.1 Å². The molecule has 3 rings (SSSR count). The third-order valence-corrected chi connectivity index (χ3v) is 3.56. The van der Waals surface area contributed by atoms with Gasteiger partial charge in [0, 0.05) is 17.5 Å². The molecule has 1 aromatic heterocycles. The minimum absolute atomic E-state index is 0.182. The van der Waals surface area contributed by atoms with E-state index in [4.69, 9.17) is 4.74 Å². The monoisotopic (exact) mass is 307 g/mol. The number of para-hydroxylation sites is 2. The molecule has 0 spiro atoms. The highest BCUT2D eigenvalue weighted by atomic mass is 16.5. The first-order valence-electron chi connectivity index (χ1n) is 7.24. The summed E-state index contributed by atoms with van der Waals surface area (Å²) >= 11 is 0. The number of nitrogens with zero attached hydrogens (tertiary/aromatic N) is 2. The van der Waals surface area contributed by atoms with E-state index in [0.717, 1.165) is 11.4 Å². The van der Waals surface area contributed by atoms with Crippen LogP contribution in [0.25, 0.3) is 5.69 Å². The van der Waals surface area contributed by atoms with Crippen molar-refractivity contribution in [1.29, 1.82) is 0 Å². The molecule has 0 saturated heterocycles. The highest BCUT2D eigenvalue weighted by Crippen LogP contribution is 2.23. The van der Waals surface area contributed by atoms with Crippen molar-refractivity contribution in [2.75, 3.05) is 12.4 Å². The maximum Gasteiger partial charge on any atom is 0.255 e. The standard InChI is InChI=1S/C18H17N3O2/c1-13-11-12-19-21(13)15-9-7-14(8-10-15)18(22)20-16-5-3-4-6-17(16)23-2/h3-12H,1-2H3,(H,20,22). The Morgan fingerprint density at radius 1 is 1.09 bits per heavy atom. The van der Waals surface area contributed by atoms with E-state index in [1.165, 1.54) is 0 Å². The lowest BCUT2D eigenvalue weighted by Gasteiger charge is -2.10. The summed E-state index contributed by atoms with van der Waals surface area (Å²) in [4.78, 5) is 12.4. The number of methoxy groups -OCH3 is 1. The smallest absolute Gasteiger partial charge is 0.255 e. The van der Waals surface area contributed by atoms with Gasteiger partial charge in [-0.05, 0) is 49.4 Å². The second kappa shape index (κ2) is 6.36. The SMILES string of the molecule is COc1ccccc1NC(=O)c1ccc(-n2nccc2C)cc1. The Labute approximate surface area is 134 Å². The zero-order chi connectivity index (χ0) is 16.2. The fourth-order valence-corrected chi connectivity index (χ4v) is 2.34. The number of aromatic nitrogens is 2. The summed E-state index contributed by atoms with van der Waals surface area (Å²) in [5.74, 6) is 0.447. The number of nitrogens with one attached hydrogen (secondary N) is 1. The summed E-state index contributed by atoms with van der Waals surface area (Å²) in [6, 6.07) is 16.5. The molecule has 0 unspecified atom stereocenters. The Morgan fingerprint density at radius 2 is 1.83 bits per heavy atom. The number of amides is 1. The quantitative estimate of drug-likeness (QED) is 0.803. The predicted octanol–water partition coefficient (Wildman–Crippen LogP) is 3.44. The number of hydrogen-bond acceptors (Lipinski definition) is 3. The Kier molecular flexibility index (Phi) is 4.10. The van der Waals surface area contributed by atoms with Crippen LogP contribution in [0.2, 0.25) is 0 Å². The summed E-state index contributed by atoms with van der Waals surface area (Å²) < 4.78 is 7.06. The fourth-order valence-electron chi connectivity index (χ4n) is 2.34. The van der Waals surface area contributed by atoms with Gasteiger partial charge in [0.2, 0.25) is 0 Å². The second-order valence-corrected chi connectivity index (χ2v) is 5.09. The van der Waals surface area contributed by atoms with Crippen LogP contribution >= 0.6 is 0 Å². The van der Waals surface area contributed by atoms with Crippen LogP contribution in [0.4, 0.5) is 5.69 Å². The second-order valence-electron chi connectivity index (χ2n) is 5.09. The van der Waals surface area contributed by atoms with Gasteiger partial charge in [0.25, 0.3) is 5.91 Å². The number of hydrogen-bond donors (Lipinski definition) is 1. The number of ether oxygens (including phenoxy) is 1. The molecule has 1 N–H and O–H groups in total. The highest BCUT2D eigenvalue weighted by Gasteiger charge is 2.10. The molecule has 0 bridgehead atoms. The lowest BCUT2D eigenvalue weighted by Crippen LogP contribution is -2.12. The molecule has 5 heteroatoms. The van der Waals surface area contributed by atoms with Gasteiger partial charge in [-0.15, -0.1) is 0 Å². The Bertz CT molecular complexity index is 822. The average molecular weight is 307 g/mol. The molecule has 3 aromatic rings. The molecule has 0 aliphatic rings.